The van der Waals surface area contributed by atoms with Crippen LogP contribution in [0, 0.1) is 0 Å². The zero-order valence-electron chi connectivity index (χ0n) is 23.8. The van der Waals surface area contributed by atoms with Gasteiger partial charge in [-0.3, -0.25) is 14.6 Å². The lowest BCUT2D eigenvalue weighted by Gasteiger charge is -2.50. The van der Waals surface area contributed by atoms with E-state index in [2.05, 4.69) is 4.98 Å². The van der Waals surface area contributed by atoms with Crippen molar-refractivity contribution in [3.63, 3.8) is 0 Å². The molecule has 15 heteroatoms. The average molecular weight is 695 g/mol. The van der Waals surface area contributed by atoms with Gasteiger partial charge in [0, 0.05) is 43.7 Å². The molecule has 2 atom stereocenters. The van der Waals surface area contributed by atoms with Crippen molar-refractivity contribution in [2.45, 2.75) is 69.6 Å². The molecule has 6 nitrogen and oxygen atoms in total. The van der Waals surface area contributed by atoms with Gasteiger partial charge in [0.25, 0.3) is 11.8 Å². The number of alkyl halides is 6. The fraction of sp³-hybridized carbons (Fsp3) is 0.433. The van der Waals surface area contributed by atoms with Gasteiger partial charge in [-0.2, -0.15) is 26.3 Å². The van der Waals surface area contributed by atoms with E-state index in [1.807, 2.05) is 0 Å². The zero-order valence-corrected chi connectivity index (χ0v) is 26.1. The number of fused-ring (bicyclic) bond motifs is 1. The summed E-state index contributed by atoms with van der Waals surface area (Å²) in [6, 6.07) is 4.84. The van der Waals surface area contributed by atoms with E-state index in [0.29, 0.717) is 34.8 Å². The van der Waals surface area contributed by atoms with Crippen LogP contribution in [0.1, 0.15) is 64.7 Å². The second-order valence-corrected chi connectivity index (χ2v) is 12.7. The van der Waals surface area contributed by atoms with E-state index in [9.17, 15) is 35.9 Å². The lowest BCUT2D eigenvalue weighted by atomic mass is 9.79. The monoisotopic (exact) mass is 693 g/mol. The number of benzene rings is 1. The summed E-state index contributed by atoms with van der Waals surface area (Å²) in [5.74, 6) is -1.86. The number of thiophene rings is 1. The maximum Gasteiger partial charge on any atom is 0.425 e. The maximum absolute atomic E-state index is 14.7. The normalized spacial score (nSPS) is 20.6. The van der Waals surface area contributed by atoms with Gasteiger partial charge in [0.15, 0.2) is 0 Å². The number of hydrogen-bond acceptors (Lipinski definition) is 5. The summed E-state index contributed by atoms with van der Waals surface area (Å²) in [4.78, 5) is 34.0. The summed E-state index contributed by atoms with van der Waals surface area (Å²) in [5.41, 5.74) is -2.38. The molecule has 2 aromatic heterocycles. The smallest absolute Gasteiger partial charge is 0.425 e. The number of carbonyl (C=O) groups excluding carboxylic acids is 2. The van der Waals surface area contributed by atoms with Crippen LogP contribution >= 0.6 is 34.5 Å². The first kappa shape index (κ1) is 33.3. The molecule has 5 rings (SSSR count). The molecule has 242 valence electrons. The second-order valence-electron chi connectivity index (χ2n) is 11.0. The number of halogens is 8. The number of hydrogen-bond donors (Lipinski definition) is 0. The van der Waals surface area contributed by atoms with Crippen LogP contribution in [0.25, 0.3) is 0 Å². The first-order valence-corrected chi connectivity index (χ1v) is 15.7. The van der Waals surface area contributed by atoms with Crippen molar-refractivity contribution in [2.24, 2.45) is 0 Å². The molecular formula is C30H27Cl2F6N3O3S. The molecule has 4 heterocycles. The minimum absolute atomic E-state index is 0.00978. The molecule has 0 aliphatic carbocycles. The summed E-state index contributed by atoms with van der Waals surface area (Å²) in [5, 5.41) is 1.77. The van der Waals surface area contributed by atoms with Crippen LogP contribution in [-0.2, 0) is 30.1 Å². The van der Waals surface area contributed by atoms with Gasteiger partial charge < -0.3 is 14.5 Å². The van der Waals surface area contributed by atoms with Crippen LogP contribution < -0.4 is 4.74 Å². The van der Waals surface area contributed by atoms with Crippen LogP contribution in [0.5, 0.6) is 5.75 Å². The maximum atomic E-state index is 14.7. The molecule has 3 aromatic rings. The molecule has 0 radical (unpaired) electrons. The third-order valence-corrected chi connectivity index (χ3v) is 9.73. The molecule has 2 aliphatic rings. The Kier molecular flexibility index (Phi) is 9.36. The van der Waals surface area contributed by atoms with E-state index in [-0.39, 0.29) is 49.7 Å². The predicted molar refractivity (Wildman–Crippen MR) is 156 cm³/mol. The molecule has 0 spiro atoms. The lowest BCUT2D eigenvalue weighted by Crippen LogP contribution is -2.68. The number of amides is 2. The lowest BCUT2D eigenvalue weighted by molar-refractivity contribution is -0.160. The van der Waals surface area contributed by atoms with Gasteiger partial charge in [-0.05, 0) is 54.7 Å². The van der Waals surface area contributed by atoms with E-state index in [4.69, 9.17) is 27.9 Å². The van der Waals surface area contributed by atoms with Gasteiger partial charge in [-0.15, -0.1) is 11.3 Å². The molecule has 2 aliphatic heterocycles. The molecule has 1 saturated heterocycles. The van der Waals surface area contributed by atoms with E-state index in [1.165, 1.54) is 4.90 Å². The Bertz CT molecular complexity index is 1600. The molecule has 2 amide bonds. The first-order chi connectivity index (χ1) is 21.2. The standard InChI is InChI=1S/C30H27Cl2F6N3O3S/c1-2-5-23-28(44-19-14-24(45-16-19)30(36,37)38,27(43)40-11-7-17-12-21(31)22(32)13-18(17)15-40)8-4-10-41(23)26(42)25-20(29(33,34)35)6-3-9-39-25/h3,6,9,12-14,16,23H,2,4-5,7-8,10-11,15H2,1H3/t23-,28-/m1/s1. The molecule has 1 fully saturated rings. The largest absolute Gasteiger partial charge is 0.474 e. The average Bonchev–Trinajstić information content (AvgIpc) is 3.46. The molecule has 0 bridgehead atoms. The Morgan fingerprint density at radius 2 is 1.78 bits per heavy atom. The summed E-state index contributed by atoms with van der Waals surface area (Å²) in [6.07, 6.45) is -7.43. The van der Waals surface area contributed by atoms with Crippen molar-refractivity contribution >= 4 is 46.4 Å². The number of ether oxygens (including phenoxy) is 1. The van der Waals surface area contributed by atoms with Crippen molar-refractivity contribution in [2.75, 3.05) is 13.1 Å². The predicted octanol–water partition coefficient (Wildman–Crippen LogP) is 8.29. The topological polar surface area (TPSA) is 62.7 Å². The number of carbonyl (C=O) groups is 2. The van der Waals surface area contributed by atoms with E-state index < -0.39 is 51.9 Å². The fourth-order valence-corrected chi connectivity index (χ4v) is 7.12. The SMILES string of the molecule is CCC[C@H]1N(C(=O)c2ncccc2C(F)(F)F)CCC[C@]1(Oc1csc(C(F)(F)F)c1)C(=O)N1CCc2cc(Cl)c(Cl)cc2C1. The van der Waals surface area contributed by atoms with Gasteiger partial charge in [0.05, 0.1) is 21.7 Å². The van der Waals surface area contributed by atoms with Crippen LogP contribution in [0.3, 0.4) is 0 Å². The summed E-state index contributed by atoms with van der Waals surface area (Å²) in [6.45, 7) is 2.05. The number of piperidine rings is 1. The Balaban J connectivity index is 1.59. The number of pyridine rings is 1. The Hall–Kier alpha value is -3.03. The first-order valence-electron chi connectivity index (χ1n) is 14.1. The van der Waals surface area contributed by atoms with Crippen LogP contribution in [0.2, 0.25) is 10.0 Å². The molecule has 0 unspecified atom stereocenters. The van der Waals surface area contributed by atoms with Gasteiger partial charge in [-0.1, -0.05) is 36.5 Å². The van der Waals surface area contributed by atoms with Crippen molar-refractivity contribution in [3.05, 3.63) is 79.2 Å². The third kappa shape index (κ3) is 6.62. The highest BCUT2D eigenvalue weighted by atomic mass is 35.5. The number of aromatic nitrogens is 1. The van der Waals surface area contributed by atoms with Gasteiger partial charge in [-0.25, -0.2) is 0 Å². The van der Waals surface area contributed by atoms with Gasteiger partial charge >= 0.3 is 12.4 Å². The highest BCUT2D eigenvalue weighted by molar-refractivity contribution is 7.10. The van der Waals surface area contributed by atoms with E-state index in [1.54, 1.807) is 19.1 Å². The van der Waals surface area contributed by atoms with Crippen molar-refractivity contribution in [1.29, 1.82) is 0 Å². The van der Waals surface area contributed by atoms with Gasteiger partial charge in [0.2, 0.25) is 5.60 Å². The molecule has 0 saturated carbocycles. The van der Waals surface area contributed by atoms with E-state index in [0.717, 1.165) is 40.2 Å². The van der Waals surface area contributed by atoms with Crippen molar-refractivity contribution in [1.82, 2.24) is 14.8 Å². The Morgan fingerprint density at radius 1 is 1.07 bits per heavy atom. The summed E-state index contributed by atoms with van der Waals surface area (Å²) < 4.78 is 88.5. The number of likely N-dealkylation sites (tertiary alicyclic amines) is 1. The summed E-state index contributed by atoms with van der Waals surface area (Å²) in [7, 11) is 0. The second kappa shape index (κ2) is 12.6. The number of rotatable bonds is 6. The number of nitrogens with zero attached hydrogens (tertiary/aromatic N) is 3. The van der Waals surface area contributed by atoms with E-state index >= 15 is 0 Å². The van der Waals surface area contributed by atoms with Gasteiger partial charge in [0.1, 0.15) is 16.3 Å². The highest BCUT2D eigenvalue weighted by Gasteiger charge is 2.56. The molecule has 45 heavy (non-hydrogen) atoms. The van der Waals surface area contributed by atoms with Crippen molar-refractivity contribution < 1.29 is 40.7 Å². The fourth-order valence-electron chi connectivity index (χ4n) is 6.07. The molecular weight excluding hydrogens is 667 g/mol. The van der Waals surface area contributed by atoms with Crippen LogP contribution in [-0.4, -0.2) is 51.3 Å². The minimum atomic E-state index is -4.88. The third-order valence-electron chi connectivity index (χ3n) is 8.06. The minimum Gasteiger partial charge on any atom is -0.474 e. The van der Waals surface area contributed by atoms with Crippen LogP contribution in [0.4, 0.5) is 26.3 Å². The van der Waals surface area contributed by atoms with Crippen molar-refractivity contribution in [3.8, 4) is 5.75 Å². The molecule has 0 N–H and O–H groups in total. The van der Waals surface area contributed by atoms with Crippen LogP contribution in [0.15, 0.2) is 41.9 Å². The Morgan fingerprint density at radius 3 is 2.42 bits per heavy atom. The quantitative estimate of drug-likeness (QED) is 0.244. The molecule has 1 aromatic carbocycles. The summed E-state index contributed by atoms with van der Waals surface area (Å²) >= 11 is 12.8. The zero-order chi connectivity index (χ0) is 32.7. The highest BCUT2D eigenvalue weighted by Crippen LogP contribution is 2.43. The Labute approximate surface area is 268 Å².